The summed E-state index contributed by atoms with van der Waals surface area (Å²) in [4.78, 5) is 26.1. The van der Waals surface area contributed by atoms with Gasteiger partial charge in [-0.1, -0.05) is 13.8 Å². The molecule has 0 aliphatic carbocycles. The SMILES string of the molecule is CCSCCCN1C(=O)C(CC)NC(=O)C1(C)C. The second kappa shape index (κ2) is 6.45. The lowest BCUT2D eigenvalue weighted by atomic mass is 9.94. The molecule has 1 rings (SSSR count). The summed E-state index contributed by atoms with van der Waals surface area (Å²) in [5.74, 6) is 2.14. The van der Waals surface area contributed by atoms with Gasteiger partial charge in [0.1, 0.15) is 11.6 Å². The van der Waals surface area contributed by atoms with E-state index in [0.717, 1.165) is 17.9 Å². The fourth-order valence-corrected chi connectivity index (χ4v) is 2.74. The number of nitrogens with zero attached hydrogens (tertiary/aromatic N) is 1. The topological polar surface area (TPSA) is 49.4 Å². The summed E-state index contributed by atoms with van der Waals surface area (Å²) in [7, 11) is 0. The van der Waals surface area contributed by atoms with Crippen LogP contribution >= 0.6 is 11.8 Å². The first-order valence-corrected chi connectivity index (χ1v) is 7.80. The average Bonchev–Trinajstić information content (AvgIpc) is 2.33. The molecule has 1 aliphatic rings. The van der Waals surface area contributed by atoms with E-state index in [0.29, 0.717) is 13.0 Å². The van der Waals surface area contributed by atoms with Gasteiger partial charge in [-0.05, 0) is 38.2 Å². The molecule has 1 fully saturated rings. The van der Waals surface area contributed by atoms with Gasteiger partial charge in [0, 0.05) is 6.54 Å². The van der Waals surface area contributed by atoms with Crippen molar-refractivity contribution in [1.29, 1.82) is 0 Å². The second-order valence-corrected chi connectivity index (χ2v) is 6.43. The molecule has 1 atom stereocenters. The number of nitrogens with one attached hydrogen (secondary N) is 1. The number of carbonyl (C=O) groups is 2. The molecule has 0 radical (unpaired) electrons. The number of piperazine rings is 1. The fraction of sp³-hybridized carbons (Fsp3) is 0.846. The standard InChI is InChI=1S/C13H24N2O2S/c1-5-10-11(16)15(8-7-9-18-6-2)13(3,4)12(17)14-10/h10H,5-9H2,1-4H3,(H,14,17). The molecule has 104 valence electrons. The lowest BCUT2D eigenvalue weighted by Gasteiger charge is -2.44. The molecule has 0 bridgehead atoms. The van der Waals surface area contributed by atoms with Gasteiger partial charge in [0.2, 0.25) is 11.8 Å². The molecule has 4 nitrogen and oxygen atoms in total. The van der Waals surface area contributed by atoms with E-state index in [9.17, 15) is 9.59 Å². The molecular formula is C13H24N2O2S. The molecule has 0 aromatic rings. The van der Waals surface area contributed by atoms with Gasteiger partial charge in [0.05, 0.1) is 0 Å². The first-order valence-electron chi connectivity index (χ1n) is 6.65. The monoisotopic (exact) mass is 272 g/mol. The van der Waals surface area contributed by atoms with Crippen LogP contribution < -0.4 is 5.32 Å². The molecule has 0 spiro atoms. The minimum Gasteiger partial charge on any atom is -0.342 e. The normalized spacial score (nSPS) is 23.1. The van der Waals surface area contributed by atoms with E-state index in [4.69, 9.17) is 0 Å². The molecule has 0 aromatic heterocycles. The minimum absolute atomic E-state index is 0.0444. The zero-order valence-corrected chi connectivity index (χ0v) is 12.6. The van der Waals surface area contributed by atoms with Crippen LogP contribution in [0.2, 0.25) is 0 Å². The van der Waals surface area contributed by atoms with Crippen molar-refractivity contribution in [3.63, 3.8) is 0 Å². The summed E-state index contributed by atoms with van der Waals surface area (Å²) in [6.07, 6.45) is 1.60. The minimum atomic E-state index is -0.723. The molecule has 1 heterocycles. The van der Waals surface area contributed by atoms with Crippen LogP contribution in [0.4, 0.5) is 0 Å². The molecule has 2 amide bonds. The Morgan fingerprint density at radius 1 is 1.33 bits per heavy atom. The Bertz CT molecular complexity index is 318. The van der Waals surface area contributed by atoms with Crippen molar-refractivity contribution in [3.05, 3.63) is 0 Å². The van der Waals surface area contributed by atoms with Gasteiger partial charge in [-0.15, -0.1) is 0 Å². The van der Waals surface area contributed by atoms with Gasteiger partial charge in [-0.2, -0.15) is 11.8 Å². The van der Waals surface area contributed by atoms with Gasteiger partial charge in [-0.25, -0.2) is 0 Å². The quantitative estimate of drug-likeness (QED) is 0.748. The van der Waals surface area contributed by atoms with Crippen LogP contribution in [0.3, 0.4) is 0 Å². The molecule has 0 aromatic carbocycles. The van der Waals surface area contributed by atoms with Gasteiger partial charge >= 0.3 is 0 Å². The van der Waals surface area contributed by atoms with Crippen molar-refractivity contribution in [3.8, 4) is 0 Å². The average molecular weight is 272 g/mol. The highest BCUT2D eigenvalue weighted by atomic mass is 32.2. The highest BCUT2D eigenvalue weighted by molar-refractivity contribution is 7.99. The van der Waals surface area contributed by atoms with E-state index >= 15 is 0 Å². The fourth-order valence-electron chi connectivity index (χ4n) is 2.12. The molecule has 0 saturated carbocycles. The number of amides is 2. The first-order chi connectivity index (χ1) is 8.45. The van der Waals surface area contributed by atoms with E-state index in [1.807, 2.05) is 32.5 Å². The van der Waals surface area contributed by atoms with Crippen LogP contribution in [0.15, 0.2) is 0 Å². The number of hydrogen-bond acceptors (Lipinski definition) is 3. The predicted octanol–water partition coefficient (Wildman–Crippen LogP) is 1.65. The Hall–Kier alpha value is -0.710. The Kier molecular flexibility index (Phi) is 5.50. The maximum absolute atomic E-state index is 12.3. The third-order valence-corrected chi connectivity index (χ3v) is 4.37. The zero-order valence-electron chi connectivity index (χ0n) is 11.8. The smallest absolute Gasteiger partial charge is 0.246 e. The van der Waals surface area contributed by atoms with Crippen LogP contribution in [-0.2, 0) is 9.59 Å². The third kappa shape index (κ3) is 3.19. The maximum Gasteiger partial charge on any atom is 0.246 e. The van der Waals surface area contributed by atoms with Crippen molar-refractivity contribution in [2.24, 2.45) is 0 Å². The second-order valence-electron chi connectivity index (χ2n) is 5.03. The van der Waals surface area contributed by atoms with Gasteiger partial charge < -0.3 is 10.2 Å². The van der Waals surface area contributed by atoms with Crippen LogP contribution in [0.1, 0.15) is 40.5 Å². The lowest BCUT2D eigenvalue weighted by molar-refractivity contribution is -0.155. The maximum atomic E-state index is 12.3. The summed E-state index contributed by atoms with van der Waals surface area (Å²) in [5.41, 5.74) is -0.723. The zero-order chi connectivity index (χ0) is 13.8. The van der Waals surface area contributed by atoms with Crippen LogP contribution in [-0.4, -0.2) is 46.3 Å². The van der Waals surface area contributed by atoms with Crippen molar-refractivity contribution in [2.45, 2.75) is 52.1 Å². The van der Waals surface area contributed by atoms with E-state index in [1.54, 1.807) is 4.90 Å². The molecule has 1 N–H and O–H groups in total. The molecule has 1 aliphatic heterocycles. The number of thioether (sulfide) groups is 1. The van der Waals surface area contributed by atoms with Crippen molar-refractivity contribution in [1.82, 2.24) is 10.2 Å². The third-order valence-electron chi connectivity index (χ3n) is 3.38. The van der Waals surface area contributed by atoms with E-state index in [1.165, 1.54) is 0 Å². The van der Waals surface area contributed by atoms with Crippen LogP contribution in [0.5, 0.6) is 0 Å². The van der Waals surface area contributed by atoms with Crippen LogP contribution in [0.25, 0.3) is 0 Å². The molecular weight excluding hydrogens is 248 g/mol. The van der Waals surface area contributed by atoms with Gasteiger partial charge in [-0.3, -0.25) is 9.59 Å². The summed E-state index contributed by atoms with van der Waals surface area (Å²) in [5, 5.41) is 2.80. The highest BCUT2D eigenvalue weighted by Gasteiger charge is 2.45. The largest absolute Gasteiger partial charge is 0.342 e. The molecule has 1 unspecified atom stereocenters. The van der Waals surface area contributed by atoms with Gasteiger partial charge in [0.15, 0.2) is 0 Å². The van der Waals surface area contributed by atoms with E-state index in [-0.39, 0.29) is 17.9 Å². The molecule has 18 heavy (non-hydrogen) atoms. The molecule has 1 saturated heterocycles. The Morgan fingerprint density at radius 3 is 2.56 bits per heavy atom. The van der Waals surface area contributed by atoms with E-state index < -0.39 is 5.54 Å². The lowest BCUT2D eigenvalue weighted by Crippen LogP contribution is -2.68. The van der Waals surface area contributed by atoms with Crippen molar-refractivity contribution < 1.29 is 9.59 Å². The summed E-state index contributed by atoms with van der Waals surface area (Å²) >= 11 is 1.87. The van der Waals surface area contributed by atoms with Gasteiger partial charge in [0.25, 0.3) is 0 Å². The Balaban J connectivity index is 2.69. The van der Waals surface area contributed by atoms with E-state index in [2.05, 4.69) is 12.2 Å². The Morgan fingerprint density at radius 2 is 2.00 bits per heavy atom. The molecule has 5 heteroatoms. The predicted molar refractivity (Wildman–Crippen MR) is 75.6 cm³/mol. The Labute approximate surface area is 114 Å². The summed E-state index contributed by atoms with van der Waals surface area (Å²) in [6.45, 7) is 8.36. The number of hydrogen-bond donors (Lipinski definition) is 1. The van der Waals surface area contributed by atoms with Crippen molar-refractivity contribution >= 4 is 23.6 Å². The first kappa shape index (κ1) is 15.3. The number of carbonyl (C=O) groups excluding carboxylic acids is 2. The van der Waals surface area contributed by atoms with Crippen molar-refractivity contribution in [2.75, 3.05) is 18.1 Å². The summed E-state index contributed by atoms with van der Waals surface area (Å²) in [6, 6.07) is -0.343. The summed E-state index contributed by atoms with van der Waals surface area (Å²) < 4.78 is 0. The van der Waals surface area contributed by atoms with Crippen LogP contribution in [0, 0.1) is 0 Å². The highest BCUT2D eigenvalue weighted by Crippen LogP contribution is 2.22. The number of rotatable bonds is 6.